The van der Waals surface area contributed by atoms with Crippen molar-refractivity contribution in [2.45, 2.75) is 44.5 Å². The van der Waals surface area contributed by atoms with E-state index < -0.39 is 34.6 Å². The Hall–Kier alpha value is -4.81. The van der Waals surface area contributed by atoms with Gasteiger partial charge in [-0.15, -0.1) is 0 Å². The van der Waals surface area contributed by atoms with Crippen LogP contribution in [0.4, 0.5) is 17.6 Å². The predicted octanol–water partition coefficient (Wildman–Crippen LogP) is 4.32. The molecule has 15 heteroatoms. The van der Waals surface area contributed by atoms with Crippen LogP contribution in [0.3, 0.4) is 0 Å². The Morgan fingerprint density at radius 3 is 2.74 bits per heavy atom. The molecule has 2 saturated heterocycles. The Morgan fingerprint density at radius 2 is 2.09 bits per heavy atom. The fourth-order valence-electron chi connectivity index (χ4n) is 5.54. The largest absolute Gasteiger partial charge is 0.489 e. The average molecular weight is 655 g/mol. The summed E-state index contributed by atoms with van der Waals surface area (Å²) < 4.78 is 67.5. The highest BCUT2D eigenvalue weighted by molar-refractivity contribution is 6.06. The molecule has 5 rings (SSSR count). The highest BCUT2D eigenvalue weighted by Crippen LogP contribution is 2.33. The van der Waals surface area contributed by atoms with Gasteiger partial charge in [0.1, 0.15) is 36.2 Å². The van der Waals surface area contributed by atoms with E-state index in [9.17, 15) is 27.6 Å². The van der Waals surface area contributed by atoms with Gasteiger partial charge in [-0.25, -0.2) is 13.9 Å². The van der Waals surface area contributed by atoms with E-state index in [0.717, 1.165) is 6.54 Å². The van der Waals surface area contributed by atoms with Crippen LogP contribution in [-0.4, -0.2) is 83.9 Å². The SMILES string of the molecule is C=N/C(=C\N=C(C)c1cc(OC[C@H]2CNCCO2)cn2ncc(C#N)c12)N1CCC(C)(NC(=O)c2cc(F)ccc2C(F)(F)F)CC1. The number of nitriles is 1. The molecule has 2 N–H and O–H groups in total. The first kappa shape index (κ1) is 33.6. The van der Waals surface area contributed by atoms with Gasteiger partial charge in [-0.1, -0.05) is 0 Å². The Bertz CT molecular complexity index is 1750. The number of pyridine rings is 1. The number of morpholine rings is 1. The molecule has 0 bridgehead atoms. The van der Waals surface area contributed by atoms with Crippen LogP contribution in [0.1, 0.15) is 53.7 Å². The number of piperidine rings is 1. The number of ether oxygens (including phenoxy) is 2. The molecule has 1 amide bonds. The lowest BCUT2D eigenvalue weighted by atomic mass is 9.89. The third-order valence-corrected chi connectivity index (χ3v) is 8.21. The molecule has 2 aromatic heterocycles. The molecule has 0 radical (unpaired) electrons. The predicted molar refractivity (Wildman–Crippen MR) is 166 cm³/mol. The number of benzene rings is 1. The van der Waals surface area contributed by atoms with E-state index in [2.05, 4.69) is 38.5 Å². The van der Waals surface area contributed by atoms with Gasteiger partial charge in [0.2, 0.25) is 0 Å². The van der Waals surface area contributed by atoms with E-state index in [1.165, 1.54) is 6.20 Å². The number of fused-ring (bicyclic) bond motifs is 1. The minimum Gasteiger partial charge on any atom is -0.489 e. The summed E-state index contributed by atoms with van der Waals surface area (Å²) >= 11 is 0. The average Bonchev–Trinajstić information content (AvgIpc) is 3.47. The minimum absolute atomic E-state index is 0.104. The summed E-state index contributed by atoms with van der Waals surface area (Å²) in [6.07, 6.45) is 0.524. The normalized spacial score (nSPS) is 18.9. The van der Waals surface area contributed by atoms with Crippen molar-refractivity contribution >= 4 is 23.9 Å². The minimum atomic E-state index is -4.81. The van der Waals surface area contributed by atoms with Gasteiger partial charge in [-0.3, -0.25) is 9.79 Å². The van der Waals surface area contributed by atoms with Crippen molar-refractivity contribution in [1.29, 1.82) is 5.26 Å². The Labute approximate surface area is 268 Å². The lowest BCUT2D eigenvalue weighted by molar-refractivity contribution is -0.138. The van der Waals surface area contributed by atoms with Crippen LogP contribution in [0, 0.1) is 17.1 Å². The first-order valence-corrected chi connectivity index (χ1v) is 14.9. The van der Waals surface area contributed by atoms with E-state index in [0.29, 0.717) is 97.8 Å². The zero-order valence-electron chi connectivity index (χ0n) is 25.9. The van der Waals surface area contributed by atoms with Crippen LogP contribution in [0.2, 0.25) is 0 Å². The summed E-state index contributed by atoms with van der Waals surface area (Å²) in [5, 5.41) is 19.9. The molecule has 1 atom stereocenters. The second-order valence-corrected chi connectivity index (χ2v) is 11.6. The van der Waals surface area contributed by atoms with Crippen LogP contribution in [0.15, 0.2) is 58.7 Å². The fraction of sp³-hybridized carbons (Fsp3) is 0.406. The summed E-state index contributed by atoms with van der Waals surface area (Å²) in [6, 6.07) is 5.79. The van der Waals surface area contributed by atoms with Gasteiger partial charge in [0.05, 0.1) is 47.4 Å². The fourth-order valence-corrected chi connectivity index (χ4v) is 5.54. The molecule has 0 unspecified atom stereocenters. The summed E-state index contributed by atoms with van der Waals surface area (Å²) in [5.74, 6) is -0.966. The second-order valence-electron chi connectivity index (χ2n) is 11.6. The molecule has 47 heavy (non-hydrogen) atoms. The Morgan fingerprint density at radius 1 is 1.32 bits per heavy atom. The monoisotopic (exact) mass is 654 g/mol. The number of hydrogen-bond acceptors (Lipinski definition) is 9. The van der Waals surface area contributed by atoms with E-state index in [4.69, 9.17) is 9.47 Å². The van der Waals surface area contributed by atoms with E-state index in [-0.39, 0.29) is 6.10 Å². The number of hydrogen-bond donors (Lipinski definition) is 2. The summed E-state index contributed by atoms with van der Waals surface area (Å²) in [4.78, 5) is 23.5. The molecule has 0 spiro atoms. The van der Waals surface area contributed by atoms with Gasteiger partial charge in [0.25, 0.3) is 5.91 Å². The number of likely N-dealkylation sites (tertiary alicyclic amines) is 1. The number of carbonyl (C=O) groups is 1. The van der Waals surface area contributed by atoms with Crippen LogP contribution in [-0.2, 0) is 10.9 Å². The molecule has 4 heterocycles. The lowest BCUT2D eigenvalue weighted by Crippen LogP contribution is -2.53. The zero-order chi connectivity index (χ0) is 33.8. The third kappa shape index (κ3) is 7.78. The van der Waals surface area contributed by atoms with Gasteiger partial charge >= 0.3 is 6.18 Å². The van der Waals surface area contributed by atoms with Crippen LogP contribution in [0.25, 0.3) is 5.52 Å². The second kappa shape index (κ2) is 13.9. The highest BCUT2D eigenvalue weighted by atomic mass is 19.4. The molecule has 3 aromatic rings. The molecule has 0 aliphatic carbocycles. The van der Waals surface area contributed by atoms with Crippen LogP contribution < -0.4 is 15.4 Å². The van der Waals surface area contributed by atoms with Crippen molar-refractivity contribution in [3.63, 3.8) is 0 Å². The summed E-state index contributed by atoms with van der Waals surface area (Å²) in [7, 11) is 0. The number of aliphatic imine (C=N–C) groups is 2. The van der Waals surface area contributed by atoms with Crippen molar-refractivity contribution in [3.05, 3.63) is 76.8 Å². The number of carbonyl (C=O) groups excluding carboxylic acids is 1. The van der Waals surface area contributed by atoms with Crippen molar-refractivity contribution in [1.82, 2.24) is 25.1 Å². The van der Waals surface area contributed by atoms with E-state index in [1.807, 2.05) is 4.90 Å². The highest BCUT2D eigenvalue weighted by Gasteiger charge is 2.38. The van der Waals surface area contributed by atoms with Gasteiger partial charge < -0.3 is 25.0 Å². The maximum Gasteiger partial charge on any atom is 0.417 e. The number of rotatable bonds is 9. The number of halogens is 4. The molecule has 2 aliphatic heterocycles. The smallest absolute Gasteiger partial charge is 0.417 e. The number of aromatic nitrogens is 2. The number of nitrogens with zero attached hydrogens (tertiary/aromatic N) is 6. The Balaban J connectivity index is 1.30. The number of amides is 1. The molecule has 1 aromatic carbocycles. The third-order valence-electron chi connectivity index (χ3n) is 8.21. The summed E-state index contributed by atoms with van der Waals surface area (Å²) in [5.41, 5.74) is -0.703. The van der Waals surface area contributed by atoms with Gasteiger partial charge in [-0.05, 0) is 57.7 Å². The van der Waals surface area contributed by atoms with Gasteiger partial charge in [0, 0.05) is 43.0 Å². The quantitative estimate of drug-likeness (QED) is 0.260. The maximum atomic E-state index is 13.8. The molecule has 0 saturated carbocycles. The molecule has 2 fully saturated rings. The first-order valence-electron chi connectivity index (χ1n) is 14.9. The van der Waals surface area contributed by atoms with E-state index >= 15 is 0 Å². The molecule has 2 aliphatic rings. The maximum absolute atomic E-state index is 13.8. The van der Waals surface area contributed by atoms with Gasteiger partial charge in [-0.2, -0.15) is 23.5 Å². The standard InChI is InChI=1S/C32H34F4N8O3/c1-20(25-13-23(47-19-24-16-39-8-11-46-24)18-44-29(25)21(14-37)15-41-44)40-17-28(38-3)43-9-6-31(2,7-10-43)42-30(45)26-12-22(33)4-5-27(26)32(34,35)36/h4-5,12-13,15,17-18,24,39H,3,6-11,16,19H2,1-2H3,(H,42,45)/b28-17+,40-20?/t24-/m1/s1. The van der Waals surface area contributed by atoms with Crippen LogP contribution >= 0.6 is 0 Å². The van der Waals surface area contributed by atoms with Crippen molar-refractivity contribution in [3.8, 4) is 11.8 Å². The van der Waals surface area contributed by atoms with Crippen molar-refractivity contribution in [2.75, 3.05) is 39.4 Å². The van der Waals surface area contributed by atoms with Crippen LogP contribution in [0.5, 0.6) is 5.75 Å². The first-order chi connectivity index (χ1) is 22.4. The zero-order valence-corrected chi connectivity index (χ0v) is 25.9. The molecule has 248 valence electrons. The number of alkyl halides is 3. The molecular formula is C32H34F4N8O3. The van der Waals surface area contributed by atoms with E-state index in [1.54, 1.807) is 36.8 Å². The topological polar surface area (TPSA) is 129 Å². The van der Waals surface area contributed by atoms with Crippen molar-refractivity contribution in [2.24, 2.45) is 9.98 Å². The molecular weight excluding hydrogens is 620 g/mol. The number of nitrogens with one attached hydrogen (secondary N) is 2. The van der Waals surface area contributed by atoms with Crippen molar-refractivity contribution < 1.29 is 31.8 Å². The molecule has 11 nitrogen and oxygen atoms in total. The van der Waals surface area contributed by atoms with Gasteiger partial charge in [0.15, 0.2) is 0 Å². The summed E-state index contributed by atoms with van der Waals surface area (Å²) in [6.45, 7) is 10.3. The Kier molecular flexibility index (Phi) is 9.92. The lowest BCUT2D eigenvalue weighted by Gasteiger charge is -2.40.